The standard InChI is InChI=1S/C24H22N4/c1-27(19-11-12-21-18(15-19)6-4-14-26-21)24(25)28(2)22-13-10-17-9-8-16-5-3-7-20(22)23(16)17/h3-7,10-15,25H,8-9H2,1-2H3. The Balaban J connectivity index is 1.52. The minimum atomic E-state index is 0.432. The van der Waals surface area contributed by atoms with Gasteiger partial charge in [-0.2, -0.15) is 0 Å². The molecule has 0 radical (unpaired) electrons. The summed E-state index contributed by atoms with van der Waals surface area (Å²) in [7, 11) is 3.91. The van der Waals surface area contributed by atoms with Crippen molar-refractivity contribution in [2.45, 2.75) is 12.8 Å². The minimum absolute atomic E-state index is 0.432. The van der Waals surface area contributed by atoms with Crippen LogP contribution in [0.15, 0.2) is 66.9 Å². The Morgan fingerprint density at radius 1 is 0.893 bits per heavy atom. The summed E-state index contributed by atoms with van der Waals surface area (Å²) in [6.07, 6.45) is 4.03. The van der Waals surface area contributed by atoms with Crippen molar-refractivity contribution >= 4 is 39.0 Å². The van der Waals surface area contributed by atoms with Crippen LogP contribution in [0.4, 0.5) is 11.4 Å². The molecule has 1 aliphatic carbocycles. The highest BCUT2D eigenvalue weighted by atomic mass is 15.3. The molecule has 0 unspecified atom stereocenters. The molecule has 3 aromatic carbocycles. The monoisotopic (exact) mass is 366 g/mol. The fraction of sp³-hybridized carbons (Fsp3) is 0.167. The maximum Gasteiger partial charge on any atom is 0.202 e. The van der Waals surface area contributed by atoms with Crippen LogP contribution in [-0.2, 0) is 12.8 Å². The second kappa shape index (κ2) is 6.34. The summed E-state index contributed by atoms with van der Waals surface area (Å²) < 4.78 is 0. The van der Waals surface area contributed by atoms with E-state index in [1.165, 1.54) is 21.9 Å². The molecule has 0 fully saturated rings. The molecule has 4 heteroatoms. The molecule has 0 amide bonds. The van der Waals surface area contributed by atoms with Crippen molar-refractivity contribution < 1.29 is 0 Å². The average Bonchev–Trinajstić information content (AvgIpc) is 3.17. The molecular weight excluding hydrogens is 344 g/mol. The number of anilines is 2. The summed E-state index contributed by atoms with van der Waals surface area (Å²) in [5.41, 5.74) is 5.85. The van der Waals surface area contributed by atoms with Crippen molar-refractivity contribution in [1.82, 2.24) is 4.98 Å². The van der Waals surface area contributed by atoms with E-state index in [0.29, 0.717) is 5.96 Å². The average molecular weight is 366 g/mol. The predicted octanol–water partition coefficient (Wildman–Crippen LogP) is 4.99. The molecule has 1 heterocycles. The van der Waals surface area contributed by atoms with Crippen LogP contribution in [0.2, 0.25) is 0 Å². The maximum atomic E-state index is 8.82. The van der Waals surface area contributed by atoms with Gasteiger partial charge in [0.1, 0.15) is 0 Å². The Kier molecular flexibility index (Phi) is 3.79. The number of nitrogens with one attached hydrogen (secondary N) is 1. The van der Waals surface area contributed by atoms with E-state index in [4.69, 9.17) is 5.41 Å². The van der Waals surface area contributed by atoms with Gasteiger partial charge in [0, 0.05) is 36.8 Å². The van der Waals surface area contributed by atoms with Gasteiger partial charge in [0.15, 0.2) is 0 Å². The van der Waals surface area contributed by atoms with Crippen LogP contribution in [0.25, 0.3) is 21.7 Å². The van der Waals surface area contributed by atoms with E-state index in [2.05, 4.69) is 47.4 Å². The van der Waals surface area contributed by atoms with Crippen molar-refractivity contribution in [3.05, 3.63) is 78.0 Å². The summed E-state index contributed by atoms with van der Waals surface area (Å²) in [5.74, 6) is 0.432. The highest BCUT2D eigenvalue weighted by Crippen LogP contribution is 2.36. The quantitative estimate of drug-likeness (QED) is 0.401. The first kappa shape index (κ1) is 16.8. The highest BCUT2D eigenvalue weighted by Gasteiger charge is 2.20. The lowest BCUT2D eigenvalue weighted by Crippen LogP contribution is -2.39. The van der Waals surface area contributed by atoms with E-state index < -0.39 is 0 Å². The van der Waals surface area contributed by atoms with Gasteiger partial charge in [-0.05, 0) is 59.7 Å². The van der Waals surface area contributed by atoms with E-state index >= 15 is 0 Å². The smallest absolute Gasteiger partial charge is 0.202 e. The van der Waals surface area contributed by atoms with Crippen LogP contribution in [0.1, 0.15) is 11.1 Å². The van der Waals surface area contributed by atoms with E-state index in [9.17, 15) is 0 Å². The van der Waals surface area contributed by atoms with Crippen LogP contribution in [0, 0.1) is 5.41 Å². The van der Waals surface area contributed by atoms with E-state index in [1.54, 1.807) is 6.20 Å². The van der Waals surface area contributed by atoms with Crippen LogP contribution >= 0.6 is 0 Å². The third kappa shape index (κ3) is 2.53. The van der Waals surface area contributed by atoms with Crippen molar-refractivity contribution in [2.75, 3.05) is 23.9 Å². The number of hydrogen-bond donors (Lipinski definition) is 1. The minimum Gasteiger partial charge on any atom is -0.316 e. The molecule has 1 aromatic heterocycles. The first-order chi connectivity index (χ1) is 13.6. The molecule has 0 atom stereocenters. The van der Waals surface area contributed by atoms with E-state index in [0.717, 1.165) is 35.1 Å². The first-order valence-electron chi connectivity index (χ1n) is 9.58. The highest BCUT2D eigenvalue weighted by molar-refractivity contribution is 6.11. The van der Waals surface area contributed by atoms with Gasteiger partial charge in [0.05, 0.1) is 11.2 Å². The fourth-order valence-corrected chi connectivity index (χ4v) is 4.26. The number of benzene rings is 3. The van der Waals surface area contributed by atoms with Gasteiger partial charge in [-0.3, -0.25) is 10.4 Å². The normalized spacial score (nSPS) is 12.5. The van der Waals surface area contributed by atoms with Gasteiger partial charge in [0.25, 0.3) is 0 Å². The molecule has 0 spiro atoms. The number of nitrogens with zero attached hydrogens (tertiary/aromatic N) is 3. The van der Waals surface area contributed by atoms with Crippen molar-refractivity contribution in [3.63, 3.8) is 0 Å². The van der Waals surface area contributed by atoms with Crippen LogP contribution in [0.5, 0.6) is 0 Å². The first-order valence-corrected chi connectivity index (χ1v) is 9.58. The second-order valence-electron chi connectivity index (χ2n) is 7.41. The zero-order chi connectivity index (χ0) is 19.3. The predicted molar refractivity (Wildman–Crippen MR) is 118 cm³/mol. The topological polar surface area (TPSA) is 43.2 Å². The Morgan fingerprint density at radius 3 is 2.57 bits per heavy atom. The molecular formula is C24H22N4. The Hall–Kier alpha value is -3.40. The summed E-state index contributed by atoms with van der Waals surface area (Å²) in [6, 6.07) is 21.0. The fourth-order valence-electron chi connectivity index (χ4n) is 4.26. The second-order valence-corrected chi connectivity index (χ2v) is 7.41. The van der Waals surface area contributed by atoms with E-state index in [-0.39, 0.29) is 0 Å². The zero-order valence-corrected chi connectivity index (χ0v) is 16.1. The molecule has 0 saturated heterocycles. The summed E-state index contributed by atoms with van der Waals surface area (Å²) in [4.78, 5) is 8.26. The number of hydrogen-bond acceptors (Lipinski definition) is 2. The molecule has 0 aliphatic heterocycles. The van der Waals surface area contributed by atoms with Crippen LogP contribution < -0.4 is 9.80 Å². The number of aromatic nitrogens is 1. The summed E-state index contributed by atoms with van der Waals surface area (Å²) >= 11 is 0. The lowest BCUT2D eigenvalue weighted by molar-refractivity contribution is 1.02. The molecule has 1 N–H and O–H groups in total. The molecule has 4 nitrogen and oxygen atoms in total. The Morgan fingerprint density at radius 2 is 1.71 bits per heavy atom. The third-order valence-corrected chi connectivity index (χ3v) is 5.82. The number of fused-ring (bicyclic) bond motifs is 1. The largest absolute Gasteiger partial charge is 0.316 e. The summed E-state index contributed by atoms with van der Waals surface area (Å²) in [5, 5.41) is 12.5. The van der Waals surface area contributed by atoms with Gasteiger partial charge in [-0.1, -0.05) is 30.3 Å². The van der Waals surface area contributed by atoms with Crippen molar-refractivity contribution in [2.24, 2.45) is 0 Å². The van der Waals surface area contributed by atoms with E-state index in [1.807, 2.05) is 42.1 Å². The van der Waals surface area contributed by atoms with Gasteiger partial charge in [0.2, 0.25) is 5.96 Å². The van der Waals surface area contributed by atoms with Crippen molar-refractivity contribution in [3.8, 4) is 0 Å². The Bertz CT molecular complexity index is 1220. The molecule has 138 valence electrons. The number of rotatable bonds is 2. The molecule has 0 saturated carbocycles. The molecule has 1 aliphatic rings. The SMILES string of the molecule is CN(C(=N)N(C)c1ccc2c3c(cccc13)CC2)c1ccc2ncccc2c1. The molecule has 0 bridgehead atoms. The zero-order valence-electron chi connectivity index (χ0n) is 16.1. The van der Waals surface area contributed by atoms with Crippen molar-refractivity contribution in [1.29, 1.82) is 5.41 Å². The van der Waals surface area contributed by atoms with Gasteiger partial charge < -0.3 is 9.80 Å². The lowest BCUT2D eigenvalue weighted by atomic mass is 10.0. The van der Waals surface area contributed by atoms with Crippen LogP contribution in [-0.4, -0.2) is 25.0 Å². The Labute approximate surface area is 164 Å². The van der Waals surface area contributed by atoms with Gasteiger partial charge in [-0.25, -0.2) is 0 Å². The van der Waals surface area contributed by atoms with Crippen LogP contribution in [0.3, 0.4) is 0 Å². The third-order valence-electron chi connectivity index (χ3n) is 5.82. The number of guanidine groups is 1. The maximum absolute atomic E-state index is 8.82. The lowest BCUT2D eigenvalue weighted by Gasteiger charge is -2.29. The molecule has 28 heavy (non-hydrogen) atoms. The summed E-state index contributed by atoms with van der Waals surface area (Å²) in [6.45, 7) is 0. The number of pyridine rings is 1. The number of aryl methyl sites for hydroxylation is 2. The van der Waals surface area contributed by atoms with Gasteiger partial charge in [-0.15, -0.1) is 0 Å². The van der Waals surface area contributed by atoms with Gasteiger partial charge >= 0.3 is 0 Å². The molecule has 5 rings (SSSR count). The molecule has 4 aromatic rings.